The molecule has 0 saturated heterocycles. The first kappa shape index (κ1) is 19.0. The van der Waals surface area contributed by atoms with Gasteiger partial charge in [-0.1, -0.05) is 23.7 Å². The van der Waals surface area contributed by atoms with E-state index in [0.29, 0.717) is 27.7 Å². The summed E-state index contributed by atoms with van der Waals surface area (Å²) in [5.41, 5.74) is 4.02. The van der Waals surface area contributed by atoms with Gasteiger partial charge in [-0.3, -0.25) is 10.1 Å². The van der Waals surface area contributed by atoms with Gasteiger partial charge in [-0.25, -0.2) is 4.98 Å². The van der Waals surface area contributed by atoms with Crippen LogP contribution >= 0.6 is 23.8 Å². The molecule has 0 aliphatic rings. The molecular formula is C21H15ClN4O2S. The Labute approximate surface area is 176 Å². The molecule has 2 heterocycles. The van der Waals surface area contributed by atoms with Gasteiger partial charge >= 0.3 is 0 Å². The molecule has 29 heavy (non-hydrogen) atoms. The van der Waals surface area contributed by atoms with Crippen molar-refractivity contribution < 1.29 is 9.21 Å². The molecule has 4 rings (SSSR count). The highest BCUT2D eigenvalue weighted by Gasteiger charge is 2.13. The highest BCUT2D eigenvalue weighted by atomic mass is 35.5. The van der Waals surface area contributed by atoms with E-state index < -0.39 is 0 Å². The molecule has 144 valence electrons. The zero-order valence-electron chi connectivity index (χ0n) is 15.3. The lowest BCUT2D eigenvalue weighted by Gasteiger charge is -2.12. The molecule has 6 nitrogen and oxygen atoms in total. The molecule has 1 amide bonds. The number of hydrogen-bond donors (Lipinski definition) is 2. The lowest BCUT2D eigenvalue weighted by molar-refractivity contribution is 0.0977. The lowest BCUT2D eigenvalue weighted by Crippen LogP contribution is -2.34. The smallest absolute Gasteiger partial charge is 0.257 e. The first-order valence-corrected chi connectivity index (χ1v) is 9.49. The number of pyridine rings is 1. The van der Waals surface area contributed by atoms with Gasteiger partial charge in [0.25, 0.3) is 5.91 Å². The Kier molecular flexibility index (Phi) is 5.24. The SMILES string of the molecule is Cc1ccc(-c2nc3ncccc3o2)cc1NC(=S)NC(=O)c1cccc(Cl)c1. The van der Waals surface area contributed by atoms with E-state index >= 15 is 0 Å². The molecule has 0 unspecified atom stereocenters. The fourth-order valence-electron chi connectivity index (χ4n) is 2.74. The Morgan fingerprint density at radius 2 is 2.00 bits per heavy atom. The second-order valence-electron chi connectivity index (χ2n) is 6.29. The van der Waals surface area contributed by atoms with E-state index in [4.69, 9.17) is 28.2 Å². The van der Waals surface area contributed by atoms with Crippen LogP contribution in [0, 0.1) is 6.92 Å². The minimum Gasteiger partial charge on any atom is -0.434 e. The minimum absolute atomic E-state index is 0.175. The largest absolute Gasteiger partial charge is 0.434 e. The van der Waals surface area contributed by atoms with Crippen LogP contribution < -0.4 is 10.6 Å². The Bertz CT molecular complexity index is 1210. The Morgan fingerprint density at radius 3 is 2.79 bits per heavy atom. The minimum atomic E-state index is -0.344. The number of aromatic nitrogens is 2. The molecule has 0 fully saturated rings. The first-order valence-electron chi connectivity index (χ1n) is 8.70. The summed E-state index contributed by atoms with van der Waals surface area (Å²) in [6.45, 7) is 1.93. The third-order valence-electron chi connectivity index (χ3n) is 4.21. The predicted octanol–water partition coefficient (Wildman–Crippen LogP) is 4.98. The van der Waals surface area contributed by atoms with E-state index in [2.05, 4.69) is 20.6 Å². The van der Waals surface area contributed by atoms with E-state index in [0.717, 1.165) is 16.8 Å². The van der Waals surface area contributed by atoms with Crippen molar-refractivity contribution in [2.75, 3.05) is 5.32 Å². The van der Waals surface area contributed by atoms with Gasteiger partial charge < -0.3 is 9.73 Å². The van der Waals surface area contributed by atoms with E-state index in [-0.39, 0.29) is 11.0 Å². The van der Waals surface area contributed by atoms with Crippen LogP contribution in [0.15, 0.2) is 65.2 Å². The third kappa shape index (κ3) is 4.26. The number of hydrogen-bond acceptors (Lipinski definition) is 5. The third-order valence-corrected chi connectivity index (χ3v) is 4.65. The van der Waals surface area contributed by atoms with Crippen molar-refractivity contribution in [3.63, 3.8) is 0 Å². The number of nitrogens with zero attached hydrogens (tertiary/aromatic N) is 2. The van der Waals surface area contributed by atoms with Crippen LogP contribution in [0.3, 0.4) is 0 Å². The number of benzene rings is 2. The molecule has 2 aromatic carbocycles. The number of amides is 1. The zero-order valence-corrected chi connectivity index (χ0v) is 16.8. The summed E-state index contributed by atoms with van der Waals surface area (Å²) in [5, 5.41) is 6.36. The van der Waals surface area contributed by atoms with Crippen LogP contribution in [-0.2, 0) is 0 Å². The molecule has 0 bridgehead atoms. The monoisotopic (exact) mass is 422 g/mol. The molecule has 0 aliphatic carbocycles. The molecule has 0 atom stereocenters. The number of aryl methyl sites for hydroxylation is 1. The number of anilines is 1. The maximum Gasteiger partial charge on any atom is 0.257 e. The van der Waals surface area contributed by atoms with E-state index in [1.165, 1.54) is 0 Å². The van der Waals surface area contributed by atoms with Crippen molar-refractivity contribution >= 4 is 51.8 Å². The summed E-state index contributed by atoms with van der Waals surface area (Å²) in [6.07, 6.45) is 1.66. The Hall–Kier alpha value is -3.29. The van der Waals surface area contributed by atoms with Crippen molar-refractivity contribution in [3.8, 4) is 11.5 Å². The van der Waals surface area contributed by atoms with Crippen molar-refractivity contribution in [1.82, 2.24) is 15.3 Å². The number of nitrogens with one attached hydrogen (secondary N) is 2. The number of halogens is 1. The molecular weight excluding hydrogens is 408 g/mol. The van der Waals surface area contributed by atoms with Gasteiger partial charge in [-0.15, -0.1) is 0 Å². The van der Waals surface area contributed by atoms with Gasteiger partial charge in [0.2, 0.25) is 5.89 Å². The molecule has 0 aliphatic heterocycles. The Morgan fingerprint density at radius 1 is 1.14 bits per heavy atom. The summed E-state index contributed by atoms with van der Waals surface area (Å²) in [6, 6.07) is 15.9. The topological polar surface area (TPSA) is 80.1 Å². The second kappa shape index (κ2) is 7.98. The summed E-state index contributed by atoms with van der Waals surface area (Å²) < 4.78 is 5.77. The number of oxazole rings is 1. The average Bonchev–Trinajstić information content (AvgIpc) is 3.14. The van der Waals surface area contributed by atoms with Crippen LogP contribution in [-0.4, -0.2) is 21.0 Å². The van der Waals surface area contributed by atoms with Gasteiger partial charge in [0, 0.05) is 28.0 Å². The fraction of sp³-hybridized carbons (Fsp3) is 0.0476. The van der Waals surface area contributed by atoms with Gasteiger partial charge in [0.05, 0.1) is 0 Å². The quantitative estimate of drug-likeness (QED) is 0.453. The van der Waals surface area contributed by atoms with Crippen LogP contribution in [0.4, 0.5) is 5.69 Å². The number of fused-ring (bicyclic) bond motifs is 1. The maximum atomic E-state index is 12.3. The second-order valence-corrected chi connectivity index (χ2v) is 7.14. The molecule has 2 N–H and O–H groups in total. The molecule has 8 heteroatoms. The number of rotatable bonds is 3. The fourth-order valence-corrected chi connectivity index (χ4v) is 3.13. The first-order chi connectivity index (χ1) is 14.0. The van der Waals surface area contributed by atoms with Crippen LogP contribution in [0.25, 0.3) is 22.7 Å². The normalized spacial score (nSPS) is 10.7. The highest BCUT2D eigenvalue weighted by Crippen LogP contribution is 2.27. The van der Waals surface area contributed by atoms with E-state index in [1.54, 1.807) is 36.5 Å². The van der Waals surface area contributed by atoms with Gasteiger partial charge in [0.15, 0.2) is 16.3 Å². The maximum absolute atomic E-state index is 12.3. The number of carbonyl (C=O) groups excluding carboxylic acids is 1. The van der Waals surface area contributed by atoms with Crippen molar-refractivity contribution in [2.45, 2.75) is 6.92 Å². The predicted molar refractivity (Wildman–Crippen MR) is 117 cm³/mol. The van der Waals surface area contributed by atoms with Crippen molar-refractivity contribution in [3.05, 3.63) is 76.9 Å². The van der Waals surface area contributed by atoms with Crippen molar-refractivity contribution in [1.29, 1.82) is 0 Å². The summed E-state index contributed by atoms with van der Waals surface area (Å²) in [5.74, 6) is 0.111. The van der Waals surface area contributed by atoms with Crippen LogP contribution in [0.1, 0.15) is 15.9 Å². The molecule has 2 aromatic heterocycles. The van der Waals surface area contributed by atoms with E-state index in [1.807, 2.05) is 31.2 Å². The summed E-state index contributed by atoms with van der Waals surface area (Å²) in [7, 11) is 0. The van der Waals surface area contributed by atoms with Crippen molar-refractivity contribution in [2.24, 2.45) is 0 Å². The molecule has 0 radical (unpaired) electrons. The molecule has 0 spiro atoms. The highest BCUT2D eigenvalue weighted by molar-refractivity contribution is 7.80. The Balaban J connectivity index is 1.53. The van der Waals surface area contributed by atoms with Crippen LogP contribution in [0.2, 0.25) is 5.02 Å². The number of carbonyl (C=O) groups is 1. The average molecular weight is 423 g/mol. The molecule has 0 saturated carbocycles. The summed E-state index contributed by atoms with van der Waals surface area (Å²) >= 11 is 11.2. The van der Waals surface area contributed by atoms with Gasteiger partial charge in [0.1, 0.15) is 0 Å². The summed E-state index contributed by atoms with van der Waals surface area (Å²) in [4.78, 5) is 20.9. The van der Waals surface area contributed by atoms with Gasteiger partial charge in [-0.2, -0.15) is 4.98 Å². The lowest BCUT2D eigenvalue weighted by atomic mass is 10.1. The standard InChI is InChI=1S/C21H15ClN4O2S/c1-12-7-8-14(20-25-18-17(28-20)6-3-9-23-18)11-16(12)24-21(29)26-19(27)13-4-2-5-15(22)10-13/h2-11H,1H3,(H2,24,26,27,29). The van der Waals surface area contributed by atoms with Crippen LogP contribution in [0.5, 0.6) is 0 Å². The van der Waals surface area contributed by atoms with E-state index in [9.17, 15) is 4.79 Å². The van der Waals surface area contributed by atoms with Gasteiger partial charge in [-0.05, 0) is 67.2 Å². The zero-order chi connectivity index (χ0) is 20.4. The molecule has 4 aromatic rings. The number of thiocarbonyl (C=S) groups is 1.